The SMILES string of the molecule is CC(C)CCCCOCCCCNCc1ccc(N2CCN(C(C)C)CC2)cc1. The van der Waals surface area contributed by atoms with Crippen LogP contribution in [0.15, 0.2) is 24.3 Å². The van der Waals surface area contributed by atoms with Gasteiger partial charge in [0.25, 0.3) is 0 Å². The third kappa shape index (κ3) is 9.97. The smallest absolute Gasteiger partial charge is 0.0466 e. The van der Waals surface area contributed by atoms with Crippen LogP contribution >= 0.6 is 0 Å². The molecule has 1 aliphatic heterocycles. The van der Waals surface area contributed by atoms with Gasteiger partial charge in [-0.15, -0.1) is 0 Å². The number of hydrogen-bond acceptors (Lipinski definition) is 4. The van der Waals surface area contributed by atoms with Gasteiger partial charge in [-0.3, -0.25) is 4.90 Å². The molecule has 0 spiro atoms. The van der Waals surface area contributed by atoms with Crippen LogP contribution in [0.3, 0.4) is 0 Å². The van der Waals surface area contributed by atoms with Crippen molar-refractivity contribution < 1.29 is 4.74 Å². The van der Waals surface area contributed by atoms with Crippen molar-refractivity contribution in [3.63, 3.8) is 0 Å². The summed E-state index contributed by atoms with van der Waals surface area (Å²) in [6, 6.07) is 9.78. The van der Waals surface area contributed by atoms with Gasteiger partial charge in [0.1, 0.15) is 0 Å². The van der Waals surface area contributed by atoms with E-state index in [-0.39, 0.29) is 0 Å². The zero-order valence-corrected chi connectivity index (χ0v) is 19.5. The van der Waals surface area contributed by atoms with Crippen molar-refractivity contribution in [3.05, 3.63) is 29.8 Å². The maximum absolute atomic E-state index is 5.74. The van der Waals surface area contributed by atoms with Crippen molar-refractivity contribution in [2.45, 2.75) is 72.4 Å². The Bertz CT molecular complexity index is 521. The largest absolute Gasteiger partial charge is 0.381 e. The number of ether oxygens (including phenoxy) is 1. The average molecular weight is 404 g/mol. The topological polar surface area (TPSA) is 27.7 Å². The first kappa shape index (κ1) is 24.2. The summed E-state index contributed by atoms with van der Waals surface area (Å²) in [5.74, 6) is 0.817. The Morgan fingerprint density at radius 2 is 1.52 bits per heavy atom. The molecule has 0 aromatic heterocycles. The van der Waals surface area contributed by atoms with Gasteiger partial charge in [0.2, 0.25) is 0 Å². The number of unbranched alkanes of at least 4 members (excludes halogenated alkanes) is 2. The van der Waals surface area contributed by atoms with E-state index in [2.05, 4.69) is 67.1 Å². The third-order valence-corrected chi connectivity index (χ3v) is 5.89. The number of rotatable bonds is 14. The third-order valence-electron chi connectivity index (χ3n) is 5.89. The summed E-state index contributed by atoms with van der Waals surface area (Å²) in [6.45, 7) is 17.6. The number of benzene rings is 1. The molecule has 4 nitrogen and oxygen atoms in total. The van der Waals surface area contributed by atoms with E-state index in [1.807, 2.05) is 0 Å². The Morgan fingerprint density at radius 1 is 0.862 bits per heavy atom. The van der Waals surface area contributed by atoms with Crippen LogP contribution in [0.1, 0.15) is 65.4 Å². The highest BCUT2D eigenvalue weighted by Gasteiger charge is 2.18. The van der Waals surface area contributed by atoms with Crippen LogP contribution in [-0.4, -0.2) is 56.9 Å². The van der Waals surface area contributed by atoms with Crippen molar-refractivity contribution in [2.24, 2.45) is 5.92 Å². The Kier molecular flexibility index (Phi) is 11.7. The van der Waals surface area contributed by atoms with E-state index >= 15 is 0 Å². The van der Waals surface area contributed by atoms with Gasteiger partial charge >= 0.3 is 0 Å². The standard InChI is InChI=1S/C25H45N3O/c1-22(2)9-5-7-19-29-20-8-6-14-26-21-24-10-12-25(13-11-24)28-17-15-27(16-18-28)23(3)4/h10-13,22-23,26H,5-9,14-21H2,1-4H3. The van der Waals surface area contributed by atoms with Gasteiger partial charge in [0.15, 0.2) is 0 Å². The van der Waals surface area contributed by atoms with Gasteiger partial charge in [0, 0.05) is 57.7 Å². The van der Waals surface area contributed by atoms with Crippen LogP contribution < -0.4 is 10.2 Å². The van der Waals surface area contributed by atoms with E-state index in [1.54, 1.807) is 0 Å². The Morgan fingerprint density at radius 3 is 2.14 bits per heavy atom. The highest BCUT2D eigenvalue weighted by molar-refractivity contribution is 5.48. The molecule has 1 heterocycles. The lowest BCUT2D eigenvalue weighted by atomic mass is 10.1. The van der Waals surface area contributed by atoms with Crippen LogP contribution in [0.4, 0.5) is 5.69 Å². The monoisotopic (exact) mass is 403 g/mol. The molecule has 1 fully saturated rings. The van der Waals surface area contributed by atoms with Gasteiger partial charge in [-0.1, -0.05) is 38.8 Å². The first-order chi connectivity index (χ1) is 14.1. The van der Waals surface area contributed by atoms with E-state index in [0.717, 1.165) is 51.7 Å². The Balaban J connectivity index is 1.49. The van der Waals surface area contributed by atoms with Crippen molar-refractivity contribution >= 4 is 5.69 Å². The van der Waals surface area contributed by atoms with Crippen LogP contribution in [0.2, 0.25) is 0 Å². The molecule has 0 bridgehead atoms. The van der Waals surface area contributed by atoms with Crippen molar-refractivity contribution in [1.82, 2.24) is 10.2 Å². The lowest BCUT2D eigenvalue weighted by Crippen LogP contribution is -2.48. The summed E-state index contributed by atoms with van der Waals surface area (Å²) in [5.41, 5.74) is 2.73. The quantitative estimate of drug-likeness (QED) is 0.446. The van der Waals surface area contributed by atoms with Gasteiger partial charge < -0.3 is 15.0 Å². The number of nitrogens with zero attached hydrogens (tertiary/aromatic N) is 2. The molecule has 166 valence electrons. The molecular formula is C25H45N3O. The molecular weight excluding hydrogens is 358 g/mol. The summed E-state index contributed by atoms with van der Waals surface area (Å²) >= 11 is 0. The molecule has 1 aliphatic rings. The van der Waals surface area contributed by atoms with E-state index in [0.29, 0.717) is 6.04 Å². The van der Waals surface area contributed by atoms with Crippen molar-refractivity contribution in [1.29, 1.82) is 0 Å². The Hall–Kier alpha value is -1.10. The normalized spacial score (nSPS) is 15.6. The molecule has 29 heavy (non-hydrogen) atoms. The highest BCUT2D eigenvalue weighted by atomic mass is 16.5. The summed E-state index contributed by atoms with van der Waals surface area (Å²) in [5, 5.41) is 3.57. The zero-order chi connectivity index (χ0) is 20.9. The van der Waals surface area contributed by atoms with E-state index in [9.17, 15) is 0 Å². The van der Waals surface area contributed by atoms with Crippen molar-refractivity contribution in [2.75, 3.05) is 50.8 Å². The number of piperazine rings is 1. The molecule has 1 aromatic rings. The maximum atomic E-state index is 5.74. The second-order valence-corrected chi connectivity index (χ2v) is 9.17. The summed E-state index contributed by atoms with van der Waals surface area (Å²) < 4.78 is 5.74. The zero-order valence-electron chi connectivity index (χ0n) is 19.5. The second kappa shape index (κ2) is 14.0. The molecule has 2 rings (SSSR count). The fourth-order valence-electron chi connectivity index (χ4n) is 3.87. The van der Waals surface area contributed by atoms with Gasteiger partial charge in [-0.05, 0) is 63.3 Å². The van der Waals surface area contributed by atoms with Crippen LogP contribution in [-0.2, 0) is 11.3 Å². The molecule has 0 radical (unpaired) electrons. The second-order valence-electron chi connectivity index (χ2n) is 9.17. The number of anilines is 1. The fraction of sp³-hybridized carbons (Fsp3) is 0.760. The molecule has 0 unspecified atom stereocenters. The predicted octanol–water partition coefficient (Wildman–Crippen LogP) is 4.93. The van der Waals surface area contributed by atoms with Gasteiger partial charge in [-0.2, -0.15) is 0 Å². The first-order valence-electron chi connectivity index (χ1n) is 11.9. The lowest BCUT2D eigenvalue weighted by molar-refractivity contribution is 0.125. The molecule has 0 aliphatic carbocycles. The highest BCUT2D eigenvalue weighted by Crippen LogP contribution is 2.18. The average Bonchev–Trinajstić information content (AvgIpc) is 2.72. The summed E-state index contributed by atoms with van der Waals surface area (Å²) in [6.07, 6.45) is 6.16. The molecule has 4 heteroatoms. The van der Waals surface area contributed by atoms with E-state index in [1.165, 1.54) is 50.0 Å². The molecule has 0 atom stereocenters. The molecule has 1 aromatic carbocycles. The van der Waals surface area contributed by atoms with E-state index in [4.69, 9.17) is 4.74 Å². The molecule has 1 N–H and O–H groups in total. The summed E-state index contributed by atoms with van der Waals surface area (Å²) in [4.78, 5) is 5.08. The first-order valence-corrected chi connectivity index (χ1v) is 11.9. The summed E-state index contributed by atoms with van der Waals surface area (Å²) in [7, 11) is 0. The minimum absolute atomic E-state index is 0.659. The van der Waals surface area contributed by atoms with Gasteiger partial charge in [0.05, 0.1) is 0 Å². The fourth-order valence-corrected chi connectivity index (χ4v) is 3.87. The number of nitrogens with one attached hydrogen (secondary N) is 1. The van der Waals surface area contributed by atoms with Gasteiger partial charge in [-0.25, -0.2) is 0 Å². The minimum Gasteiger partial charge on any atom is -0.381 e. The lowest BCUT2D eigenvalue weighted by Gasteiger charge is -2.38. The van der Waals surface area contributed by atoms with Crippen LogP contribution in [0, 0.1) is 5.92 Å². The number of hydrogen-bond donors (Lipinski definition) is 1. The van der Waals surface area contributed by atoms with Crippen molar-refractivity contribution in [3.8, 4) is 0 Å². The predicted molar refractivity (Wildman–Crippen MR) is 126 cm³/mol. The molecule has 0 amide bonds. The molecule has 0 saturated carbocycles. The van der Waals surface area contributed by atoms with Crippen LogP contribution in [0.5, 0.6) is 0 Å². The minimum atomic E-state index is 0.659. The Labute approximate surface area is 180 Å². The molecule has 1 saturated heterocycles. The van der Waals surface area contributed by atoms with E-state index < -0.39 is 0 Å². The van der Waals surface area contributed by atoms with Crippen LogP contribution in [0.25, 0.3) is 0 Å². The maximum Gasteiger partial charge on any atom is 0.0466 e.